The highest BCUT2D eigenvalue weighted by molar-refractivity contribution is 6.25. The number of para-hydroxylation sites is 4. The van der Waals surface area contributed by atoms with Gasteiger partial charge in [-0.2, -0.15) is 0 Å². The summed E-state index contributed by atoms with van der Waals surface area (Å²) in [4.78, 5) is 21.0. The van der Waals surface area contributed by atoms with Gasteiger partial charge in [-0.05, 0) is 103 Å². The summed E-state index contributed by atoms with van der Waals surface area (Å²) in [6.07, 6.45) is 1.96. The molecule has 0 saturated carbocycles. The first-order valence-corrected chi connectivity index (χ1v) is 25.4. The van der Waals surface area contributed by atoms with E-state index in [0.717, 1.165) is 138 Å². The molecule has 6 heterocycles. The highest BCUT2D eigenvalue weighted by Gasteiger charge is 2.24. The molecule has 10 aromatic carbocycles. The number of fused-ring (bicyclic) bond motifs is 14. The molecule has 16 aromatic rings. The summed E-state index contributed by atoms with van der Waals surface area (Å²) in [6, 6.07) is 82.1. The zero-order chi connectivity index (χ0) is 49.8. The van der Waals surface area contributed by atoms with E-state index in [2.05, 4.69) is 185 Å². The lowest BCUT2D eigenvalue weighted by Crippen LogP contribution is -2.02. The average molecular weight is 973 g/mol. The third-order valence-electron chi connectivity index (χ3n) is 15.0. The number of hydrogen-bond donors (Lipinski definition) is 0. The van der Waals surface area contributed by atoms with Crippen molar-refractivity contribution in [2.24, 2.45) is 0 Å². The van der Waals surface area contributed by atoms with Crippen molar-refractivity contribution in [1.29, 1.82) is 0 Å². The minimum Gasteiger partial charge on any atom is -0.455 e. The molecule has 8 heteroatoms. The number of rotatable bonds is 7. The van der Waals surface area contributed by atoms with Gasteiger partial charge in [-0.1, -0.05) is 140 Å². The van der Waals surface area contributed by atoms with Gasteiger partial charge in [0.25, 0.3) is 0 Å². The average Bonchev–Trinajstić information content (AvgIpc) is 4.30. The van der Waals surface area contributed by atoms with Crippen LogP contribution >= 0.6 is 0 Å². The molecule has 0 spiro atoms. The summed E-state index contributed by atoms with van der Waals surface area (Å²) in [7, 11) is 0. The van der Waals surface area contributed by atoms with Crippen molar-refractivity contribution in [2.75, 3.05) is 0 Å². The Hall–Kier alpha value is -10.4. The third-order valence-corrected chi connectivity index (χ3v) is 15.0. The van der Waals surface area contributed by atoms with Crippen molar-refractivity contribution in [3.05, 3.63) is 243 Å². The Labute approximate surface area is 434 Å². The van der Waals surface area contributed by atoms with Crippen LogP contribution in [0.25, 0.3) is 155 Å². The number of hydrogen-bond acceptors (Lipinski definition) is 6. The molecule has 0 saturated heterocycles. The second kappa shape index (κ2) is 16.5. The highest BCUT2D eigenvalue weighted by Crippen LogP contribution is 2.45. The Bertz CT molecular complexity index is 4920. The Morgan fingerprint density at radius 3 is 1.28 bits per heavy atom. The lowest BCUT2D eigenvalue weighted by molar-refractivity contribution is 0.672. The molecule has 0 aliphatic carbocycles. The van der Waals surface area contributed by atoms with Crippen LogP contribution in [-0.4, -0.2) is 29.1 Å². The van der Waals surface area contributed by atoms with E-state index in [-0.39, 0.29) is 0 Å². The van der Waals surface area contributed by atoms with Gasteiger partial charge in [0.1, 0.15) is 22.3 Å². The van der Waals surface area contributed by atoms with Gasteiger partial charge in [0.15, 0.2) is 17.5 Å². The number of pyridine rings is 1. The van der Waals surface area contributed by atoms with Gasteiger partial charge < -0.3 is 18.0 Å². The standard InChI is InChI=1S/C68H40N6O2/c1-5-17-41(18-6-1)66-70-67(42-19-7-2-8-20-42)72-68(71-66)54-39-45(43-29-35-59-52(37-43)48-31-33-57-61(64(48)75-59)50-25-13-15-27-55(50)73(57)46-21-9-3-10-22-46)40-69-63(54)44-30-36-60-53(38-44)49-32-34-58-62(65(49)76-60)51-26-14-16-28-56(51)74(58)47-23-11-4-12-24-47/h1-40H. The Morgan fingerprint density at radius 1 is 0.303 bits per heavy atom. The van der Waals surface area contributed by atoms with E-state index in [0.29, 0.717) is 17.5 Å². The van der Waals surface area contributed by atoms with E-state index in [9.17, 15) is 0 Å². The largest absolute Gasteiger partial charge is 0.455 e. The first-order valence-electron chi connectivity index (χ1n) is 25.4. The fourth-order valence-electron chi connectivity index (χ4n) is 11.6. The molecule has 8 nitrogen and oxygen atoms in total. The number of nitrogens with zero attached hydrogens (tertiary/aromatic N) is 6. The Morgan fingerprint density at radius 2 is 0.750 bits per heavy atom. The quantitative estimate of drug-likeness (QED) is 0.158. The molecule has 6 aromatic heterocycles. The van der Waals surface area contributed by atoms with Gasteiger partial charge in [-0.3, -0.25) is 4.98 Å². The number of aromatic nitrogens is 6. The number of furan rings is 2. The van der Waals surface area contributed by atoms with E-state index in [1.54, 1.807) is 0 Å². The maximum atomic E-state index is 6.88. The van der Waals surface area contributed by atoms with Crippen molar-refractivity contribution in [3.8, 4) is 67.9 Å². The molecule has 16 rings (SSSR count). The van der Waals surface area contributed by atoms with Crippen LogP contribution in [0.5, 0.6) is 0 Å². The van der Waals surface area contributed by atoms with Crippen LogP contribution in [-0.2, 0) is 0 Å². The molecule has 0 radical (unpaired) electrons. The summed E-state index contributed by atoms with van der Waals surface area (Å²) >= 11 is 0. The molecule has 0 aliphatic rings. The van der Waals surface area contributed by atoms with Crippen LogP contribution in [0.3, 0.4) is 0 Å². The van der Waals surface area contributed by atoms with Crippen LogP contribution in [0.4, 0.5) is 0 Å². The molecule has 0 bridgehead atoms. The van der Waals surface area contributed by atoms with Gasteiger partial charge >= 0.3 is 0 Å². The topological polar surface area (TPSA) is 87.7 Å². The van der Waals surface area contributed by atoms with Gasteiger partial charge in [0.2, 0.25) is 0 Å². The minimum atomic E-state index is 0.511. The maximum absolute atomic E-state index is 6.88. The van der Waals surface area contributed by atoms with Crippen molar-refractivity contribution in [2.45, 2.75) is 0 Å². The van der Waals surface area contributed by atoms with E-state index in [1.165, 1.54) is 0 Å². The lowest BCUT2D eigenvalue weighted by atomic mass is 9.97. The van der Waals surface area contributed by atoms with Gasteiger partial charge in [0, 0.05) is 77.7 Å². The number of benzene rings is 10. The fourth-order valence-corrected chi connectivity index (χ4v) is 11.6. The molecule has 0 unspecified atom stereocenters. The second-order valence-electron chi connectivity index (χ2n) is 19.3. The highest BCUT2D eigenvalue weighted by atomic mass is 16.3. The summed E-state index contributed by atoms with van der Waals surface area (Å²) in [6.45, 7) is 0. The summed E-state index contributed by atoms with van der Waals surface area (Å²) in [5, 5.41) is 8.53. The van der Waals surface area contributed by atoms with E-state index < -0.39 is 0 Å². The normalized spacial score (nSPS) is 11.9. The zero-order valence-corrected chi connectivity index (χ0v) is 40.6. The summed E-state index contributed by atoms with van der Waals surface area (Å²) in [5.74, 6) is 1.65. The molecular formula is C68H40N6O2. The van der Waals surface area contributed by atoms with Crippen LogP contribution in [0.15, 0.2) is 252 Å². The minimum absolute atomic E-state index is 0.511. The summed E-state index contributed by atoms with van der Waals surface area (Å²) < 4.78 is 18.4. The first kappa shape index (κ1) is 42.1. The molecule has 0 fully saturated rings. The van der Waals surface area contributed by atoms with Crippen molar-refractivity contribution < 1.29 is 8.83 Å². The Balaban J connectivity index is 0.901. The predicted octanol–water partition coefficient (Wildman–Crippen LogP) is 17.6. The molecule has 0 aliphatic heterocycles. The fraction of sp³-hybridized carbons (Fsp3) is 0. The molecule has 0 atom stereocenters. The van der Waals surface area contributed by atoms with Crippen LogP contribution in [0.1, 0.15) is 0 Å². The molecule has 354 valence electrons. The van der Waals surface area contributed by atoms with Crippen LogP contribution < -0.4 is 0 Å². The predicted molar refractivity (Wildman–Crippen MR) is 308 cm³/mol. The van der Waals surface area contributed by atoms with Crippen LogP contribution in [0.2, 0.25) is 0 Å². The molecule has 0 N–H and O–H groups in total. The zero-order valence-electron chi connectivity index (χ0n) is 40.6. The molecule has 76 heavy (non-hydrogen) atoms. The third kappa shape index (κ3) is 6.44. The summed E-state index contributed by atoms with van der Waals surface area (Å²) in [5.41, 5.74) is 16.0. The lowest BCUT2D eigenvalue weighted by Gasteiger charge is -2.13. The molecular weight excluding hydrogens is 933 g/mol. The van der Waals surface area contributed by atoms with Crippen molar-refractivity contribution in [3.63, 3.8) is 0 Å². The van der Waals surface area contributed by atoms with E-state index in [1.807, 2.05) is 66.9 Å². The van der Waals surface area contributed by atoms with Crippen molar-refractivity contribution >= 4 is 87.5 Å². The smallest absolute Gasteiger partial charge is 0.166 e. The van der Waals surface area contributed by atoms with Gasteiger partial charge in [0.05, 0.1) is 38.5 Å². The first-order chi connectivity index (χ1) is 37.7. The molecule has 0 amide bonds. The maximum Gasteiger partial charge on any atom is 0.166 e. The SMILES string of the molecule is c1ccc(-c2nc(-c3ccccc3)nc(-c3cc(-c4ccc5oc6c(ccc7c6c6ccccc6n7-c6ccccc6)c5c4)cnc3-c3ccc4oc5c(ccc6c5c5ccccc5n6-c5ccccc5)c4c3)n2)cc1. The van der Waals surface area contributed by atoms with E-state index in [4.69, 9.17) is 28.8 Å². The van der Waals surface area contributed by atoms with Gasteiger partial charge in [-0.25, -0.2) is 15.0 Å². The van der Waals surface area contributed by atoms with Crippen molar-refractivity contribution in [1.82, 2.24) is 29.1 Å². The Kier molecular flexibility index (Phi) is 9.17. The van der Waals surface area contributed by atoms with Gasteiger partial charge in [-0.15, -0.1) is 0 Å². The monoisotopic (exact) mass is 972 g/mol. The van der Waals surface area contributed by atoms with Crippen LogP contribution in [0, 0.1) is 0 Å². The van der Waals surface area contributed by atoms with E-state index >= 15 is 0 Å². The second-order valence-corrected chi connectivity index (χ2v) is 19.3.